The van der Waals surface area contributed by atoms with E-state index in [0.29, 0.717) is 13.0 Å². The van der Waals surface area contributed by atoms with E-state index < -0.39 is 0 Å². The second-order valence-electron chi connectivity index (χ2n) is 5.81. The summed E-state index contributed by atoms with van der Waals surface area (Å²) in [5.74, 6) is 0.467. The van der Waals surface area contributed by atoms with Gasteiger partial charge in [-0.25, -0.2) is 0 Å². The summed E-state index contributed by atoms with van der Waals surface area (Å²) in [6, 6.07) is 6.07. The van der Waals surface area contributed by atoms with Gasteiger partial charge in [-0.15, -0.1) is 0 Å². The number of fused-ring (bicyclic) bond motifs is 1. The number of nitrogens with one attached hydrogen (secondary N) is 1. The molecule has 5 nitrogen and oxygen atoms in total. The van der Waals surface area contributed by atoms with E-state index in [4.69, 9.17) is 4.74 Å². The molecule has 0 aromatic heterocycles. The Balaban J connectivity index is 1.56. The number of hydrogen-bond donors (Lipinski definition) is 1. The molecule has 5 heteroatoms. The largest absolute Gasteiger partial charge is 0.484 e. The maximum atomic E-state index is 11.7. The average Bonchev–Trinajstić information content (AvgIpc) is 3.03. The zero-order valence-electron chi connectivity index (χ0n) is 13.7. The molecule has 0 saturated carbocycles. The van der Waals surface area contributed by atoms with Crippen molar-refractivity contribution in [3.63, 3.8) is 0 Å². The summed E-state index contributed by atoms with van der Waals surface area (Å²) in [6.07, 6.45) is 6.41. The predicted molar refractivity (Wildman–Crippen MR) is 87.5 cm³/mol. The second-order valence-corrected chi connectivity index (χ2v) is 5.81. The molecule has 0 bridgehead atoms. The highest BCUT2D eigenvalue weighted by molar-refractivity contribution is 5.77. The van der Waals surface area contributed by atoms with Crippen molar-refractivity contribution < 1.29 is 19.1 Å². The third kappa shape index (κ3) is 5.93. The summed E-state index contributed by atoms with van der Waals surface area (Å²) in [6.45, 7) is 0.647. The monoisotopic (exact) mass is 319 g/mol. The van der Waals surface area contributed by atoms with E-state index >= 15 is 0 Å². The van der Waals surface area contributed by atoms with Crippen LogP contribution in [0.5, 0.6) is 5.75 Å². The fourth-order valence-electron chi connectivity index (χ4n) is 2.74. The lowest BCUT2D eigenvalue weighted by molar-refractivity contribution is -0.140. The topological polar surface area (TPSA) is 64.6 Å². The van der Waals surface area contributed by atoms with Crippen LogP contribution in [-0.4, -0.2) is 32.1 Å². The average molecular weight is 319 g/mol. The van der Waals surface area contributed by atoms with Crippen LogP contribution in [0.25, 0.3) is 0 Å². The van der Waals surface area contributed by atoms with Crippen LogP contribution in [0.3, 0.4) is 0 Å². The van der Waals surface area contributed by atoms with Crippen LogP contribution in [0.1, 0.15) is 43.2 Å². The van der Waals surface area contributed by atoms with Crippen LogP contribution < -0.4 is 10.1 Å². The van der Waals surface area contributed by atoms with Crippen molar-refractivity contribution in [2.75, 3.05) is 20.3 Å². The number of rotatable bonds is 9. The molecule has 0 fully saturated rings. The molecular weight excluding hydrogens is 294 g/mol. The summed E-state index contributed by atoms with van der Waals surface area (Å²) in [5, 5.41) is 2.83. The molecule has 0 unspecified atom stereocenters. The fraction of sp³-hybridized carbons (Fsp3) is 0.556. The number of methoxy groups -OCH3 is 1. The minimum atomic E-state index is -0.184. The van der Waals surface area contributed by atoms with Gasteiger partial charge >= 0.3 is 5.97 Å². The molecule has 1 N–H and O–H groups in total. The number of amides is 1. The van der Waals surface area contributed by atoms with Crippen molar-refractivity contribution in [1.82, 2.24) is 5.32 Å². The maximum absolute atomic E-state index is 11.7. The first kappa shape index (κ1) is 17.3. The Kier molecular flexibility index (Phi) is 6.91. The third-order valence-corrected chi connectivity index (χ3v) is 4.05. The van der Waals surface area contributed by atoms with Crippen LogP contribution in [-0.2, 0) is 27.2 Å². The van der Waals surface area contributed by atoms with Crippen LogP contribution in [0, 0.1) is 0 Å². The van der Waals surface area contributed by atoms with E-state index in [1.165, 1.54) is 24.7 Å². The van der Waals surface area contributed by atoms with E-state index in [0.717, 1.165) is 37.9 Å². The molecule has 2 rings (SSSR count). The van der Waals surface area contributed by atoms with Gasteiger partial charge in [0.1, 0.15) is 5.75 Å². The summed E-state index contributed by atoms with van der Waals surface area (Å²) >= 11 is 0. The van der Waals surface area contributed by atoms with Gasteiger partial charge < -0.3 is 14.8 Å². The molecule has 0 saturated heterocycles. The zero-order valence-corrected chi connectivity index (χ0v) is 13.7. The van der Waals surface area contributed by atoms with Gasteiger partial charge in [-0.3, -0.25) is 9.59 Å². The lowest BCUT2D eigenvalue weighted by Gasteiger charge is -2.09. The van der Waals surface area contributed by atoms with Crippen molar-refractivity contribution in [3.05, 3.63) is 29.3 Å². The number of benzene rings is 1. The van der Waals surface area contributed by atoms with Gasteiger partial charge in [-0.05, 0) is 55.4 Å². The Bertz CT molecular complexity index is 542. The third-order valence-electron chi connectivity index (χ3n) is 4.05. The number of ether oxygens (including phenoxy) is 2. The number of esters is 1. The maximum Gasteiger partial charge on any atom is 0.305 e. The Hall–Kier alpha value is -2.04. The van der Waals surface area contributed by atoms with Gasteiger partial charge in [-0.2, -0.15) is 0 Å². The van der Waals surface area contributed by atoms with Gasteiger partial charge in [0, 0.05) is 13.0 Å². The predicted octanol–water partition coefficient (Wildman–Crippen LogP) is 2.40. The first-order valence-electron chi connectivity index (χ1n) is 8.27. The molecule has 23 heavy (non-hydrogen) atoms. The van der Waals surface area contributed by atoms with Gasteiger partial charge in [0.15, 0.2) is 6.61 Å². The molecule has 0 atom stereocenters. The molecule has 0 heterocycles. The quantitative estimate of drug-likeness (QED) is 0.561. The van der Waals surface area contributed by atoms with Crippen LogP contribution >= 0.6 is 0 Å². The molecule has 126 valence electrons. The summed E-state index contributed by atoms with van der Waals surface area (Å²) < 4.78 is 10.1. The Morgan fingerprint density at radius 2 is 1.96 bits per heavy atom. The molecule has 1 aromatic carbocycles. The zero-order chi connectivity index (χ0) is 16.5. The Labute approximate surface area is 137 Å². The van der Waals surface area contributed by atoms with E-state index in [1.54, 1.807) is 0 Å². The molecular formula is C18H25NO4. The van der Waals surface area contributed by atoms with E-state index in [1.807, 2.05) is 12.1 Å². The lowest BCUT2D eigenvalue weighted by Crippen LogP contribution is -2.29. The van der Waals surface area contributed by atoms with Crippen molar-refractivity contribution in [2.45, 2.75) is 44.9 Å². The summed E-state index contributed by atoms with van der Waals surface area (Å²) in [7, 11) is 1.39. The van der Waals surface area contributed by atoms with E-state index in [-0.39, 0.29) is 18.5 Å². The standard InChI is InChI=1S/C18H25NO4/c1-22-18(21)8-3-2-4-11-19-17(20)13-23-16-10-9-14-6-5-7-15(14)12-16/h9-10,12H,2-8,11,13H2,1H3,(H,19,20). The highest BCUT2D eigenvalue weighted by atomic mass is 16.5. The van der Waals surface area contributed by atoms with Crippen LogP contribution in [0.2, 0.25) is 0 Å². The highest BCUT2D eigenvalue weighted by Crippen LogP contribution is 2.25. The fourth-order valence-corrected chi connectivity index (χ4v) is 2.74. The molecule has 1 aliphatic carbocycles. The van der Waals surface area contributed by atoms with Crippen LogP contribution in [0.4, 0.5) is 0 Å². The minimum Gasteiger partial charge on any atom is -0.484 e. The van der Waals surface area contributed by atoms with Crippen molar-refractivity contribution in [2.24, 2.45) is 0 Å². The lowest BCUT2D eigenvalue weighted by atomic mass is 10.1. The molecule has 0 aliphatic heterocycles. The van der Waals surface area contributed by atoms with Crippen molar-refractivity contribution in [3.8, 4) is 5.75 Å². The SMILES string of the molecule is COC(=O)CCCCCNC(=O)COc1ccc2c(c1)CCC2. The second kappa shape index (κ2) is 9.18. The van der Waals surface area contributed by atoms with Crippen molar-refractivity contribution in [1.29, 1.82) is 0 Å². The Morgan fingerprint density at radius 1 is 1.13 bits per heavy atom. The van der Waals surface area contributed by atoms with Crippen molar-refractivity contribution >= 4 is 11.9 Å². The molecule has 1 amide bonds. The summed E-state index contributed by atoms with van der Waals surface area (Å²) in [4.78, 5) is 22.7. The normalized spacial score (nSPS) is 12.6. The molecule has 0 spiro atoms. The first-order chi connectivity index (χ1) is 11.2. The van der Waals surface area contributed by atoms with Gasteiger partial charge in [-0.1, -0.05) is 12.5 Å². The number of carbonyl (C=O) groups is 2. The van der Waals surface area contributed by atoms with E-state index in [2.05, 4.69) is 16.1 Å². The van der Waals surface area contributed by atoms with Crippen LogP contribution in [0.15, 0.2) is 18.2 Å². The minimum absolute atomic E-state index is 0.0426. The molecule has 0 radical (unpaired) electrons. The number of aryl methyl sites for hydroxylation is 2. The smallest absolute Gasteiger partial charge is 0.305 e. The number of carbonyl (C=O) groups excluding carboxylic acids is 2. The van der Waals surface area contributed by atoms with Gasteiger partial charge in [0.05, 0.1) is 7.11 Å². The number of unbranched alkanes of at least 4 members (excludes halogenated alkanes) is 2. The van der Waals surface area contributed by atoms with Gasteiger partial charge in [0.25, 0.3) is 5.91 Å². The Morgan fingerprint density at radius 3 is 2.78 bits per heavy atom. The molecule has 1 aromatic rings. The van der Waals surface area contributed by atoms with Gasteiger partial charge in [0.2, 0.25) is 0 Å². The highest BCUT2D eigenvalue weighted by Gasteiger charge is 2.11. The molecule has 1 aliphatic rings. The number of hydrogen-bond acceptors (Lipinski definition) is 4. The first-order valence-corrected chi connectivity index (χ1v) is 8.27. The summed E-state index contributed by atoms with van der Waals surface area (Å²) in [5.41, 5.74) is 2.74. The van der Waals surface area contributed by atoms with E-state index in [9.17, 15) is 9.59 Å².